The van der Waals surface area contributed by atoms with Crippen LogP contribution in [0.1, 0.15) is 0 Å². The quantitative estimate of drug-likeness (QED) is 0.338. The van der Waals surface area contributed by atoms with E-state index in [9.17, 15) is 0 Å². The fourth-order valence-corrected chi connectivity index (χ4v) is 0.815. The van der Waals surface area contributed by atoms with E-state index in [1.54, 1.807) is 14.2 Å². The highest BCUT2D eigenvalue weighted by Gasteiger charge is 1.91. The fourth-order valence-electron chi connectivity index (χ4n) is 0.815. The molecule has 17 heavy (non-hydrogen) atoms. The Bertz CT molecular complexity index is 124. The number of hydrogen-bond acceptors (Lipinski definition) is 7. The van der Waals surface area contributed by atoms with E-state index in [4.69, 9.17) is 28.6 Å². The molecule has 0 aromatic carbocycles. The topological polar surface area (TPSA) is 67.4 Å². The van der Waals surface area contributed by atoms with Crippen LogP contribution in [0.5, 0.6) is 0 Å². The lowest BCUT2D eigenvalue weighted by molar-refractivity contribution is -0.184. The summed E-state index contributed by atoms with van der Waals surface area (Å²) in [7, 11) is 3.26. The molecule has 0 amide bonds. The van der Waals surface area contributed by atoms with Crippen molar-refractivity contribution < 1.29 is 28.6 Å². The van der Waals surface area contributed by atoms with Crippen molar-refractivity contribution in [2.75, 3.05) is 67.1 Å². The summed E-state index contributed by atoms with van der Waals surface area (Å²) in [6.07, 6.45) is 0. The zero-order valence-electron chi connectivity index (χ0n) is 10.6. The second-order valence-corrected chi connectivity index (χ2v) is 2.99. The van der Waals surface area contributed by atoms with Crippen LogP contribution in [0.15, 0.2) is 0 Å². The van der Waals surface area contributed by atoms with Gasteiger partial charge >= 0.3 is 0 Å². The zero-order chi connectivity index (χ0) is 12.6. The van der Waals surface area contributed by atoms with Crippen molar-refractivity contribution in [3.05, 3.63) is 0 Å². The summed E-state index contributed by atoms with van der Waals surface area (Å²) in [5.41, 5.74) is 2.34. The fraction of sp³-hybridized carbons (Fsp3) is 1.00. The summed E-state index contributed by atoms with van der Waals surface area (Å²) >= 11 is 0. The molecule has 0 atom stereocenters. The van der Waals surface area contributed by atoms with Gasteiger partial charge in [-0.3, -0.25) is 9.68 Å². The Hall–Kier alpha value is -0.280. The van der Waals surface area contributed by atoms with E-state index in [-0.39, 0.29) is 0 Å². The van der Waals surface area contributed by atoms with Gasteiger partial charge in [0.2, 0.25) is 0 Å². The van der Waals surface area contributed by atoms with Crippen LogP contribution in [0, 0.1) is 0 Å². The molecular weight excluding hydrogens is 230 g/mol. The first kappa shape index (κ1) is 16.7. The van der Waals surface area contributed by atoms with Crippen LogP contribution in [0.4, 0.5) is 0 Å². The van der Waals surface area contributed by atoms with Gasteiger partial charge in [0.05, 0.1) is 52.9 Å². The first-order valence-corrected chi connectivity index (χ1v) is 5.53. The minimum Gasteiger partial charge on any atom is -0.382 e. The van der Waals surface area contributed by atoms with E-state index in [1.165, 1.54) is 0 Å². The first-order chi connectivity index (χ1) is 8.41. The van der Waals surface area contributed by atoms with Crippen molar-refractivity contribution in [2.45, 2.75) is 0 Å². The second-order valence-electron chi connectivity index (χ2n) is 2.99. The minimum absolute atomic E-state index is 0.411. The van der Waals surface area contributed by atoms with Gasteiger partial charge in [0.25, 0.3) is 0 Å². The molecule has 0 unspecified atom stereocenters. The number of ether oxygens (including phenoxy) is 4. The standard InChI is InChI=1S/C10H23NO6/c1-12-3-5-14-7-9-16-11-17-10-8-15-6-4-13-2/h11H,3-10H2,1-2H3. The van der Waals surface area contributed by atoms with Crippen molar-refractivity contribution in [3.63, 3.8) is 0 Å². The summed E-state index contributed by atoms with van der Waals surface area (Å²) in [6, 6.07) is 0. The zero-order valence-corrected chi connectivity index (χ0v) is 10.6. The Labute approximate surface area is 102 Å². The molecule has 0 aromatic rings. The highest BCUT2D eigenvalue weighted by atomic mass is 16.9. The molecule has 0 saturated heterocycles. The average Bonchev–Trinajstić information content (AvgIpc) is 2.35. The van der Waals surface area contributed by atoms with Gasteiger partial charge in [0.15, 0.2) is 0 Å². The predicted molar refractivity (Wildman–Crippen MR) is 60.4 cm³/mol. The third-order valence-corrected chi connectivity index (χ3v) is 1.64. The van der Waals surface area contributed by atoms with Gasteiger partial charge in [-0.05, 0) is 0 Å². The molecule has 0 heterocycles. The molecule has 0 spiro atoms. The third-order valence-electron chi connectivity index (χ3n) is 1.64. The summed E-state index contributed by atoms with van der Waals surface area (Å²) < 4.78 is 19.9. The van der Waals surface area contributed by atoms with Crippen molar-refractivity contribution in [3.8, 4) is 0 Å². The Morgan fingerprint density at radius 1 is 0.588 bits per heavy atom. The number of methoxy groups -OCH3 is 2. The first-order valence-electron chi connectivity index (χ1n) is 5.53. The van der Waals surface area contributed by atoms with Crippen molar-refractivity contribution in [2.24, 2.45) is 0 Å². The van der Waals surface area contributed by atoms with E-state index in [0.717, 1.165) is 0 Å². The van der Waals surface area contributed by atoms with E-state index >= 15 is 0 Å². The lowest BCUT2D eigenvalue weighted by atomic mass is 10.7. The molecule has 0 aliphatic heterocycles. The van der Waals surface area contributed by atoms with Crippen LogP contribution in [0.2, 0.25) is 0 Å². The van der Waals surface area contributed by atoms with Crippen molar-refractivity contribution in [1.29, 1.82) is 0 Å². The lowest BCUT2D eigenvalue weighted by Crippen LogP contribution is -2.21. The van der Waals surface area contributed by atoms with E-state index in [0.29, 0.717) is 52.9 Å². The maximum atomic E-state index is 5.16. The minimum atomic E-state index is 0.411. The molecule has 0 bridgehead atoms. The van der Waals surface area contributed by atoms with Crippen LogP contribution >= 0.6 is 0 Å². The van der Waals surface area contributed by atoms with Gasteiger partial charge in [-0.1, -0.05) is 5.64 Å². The van der Waals surface area contributed by atoms with Gasteiger partial charge < -0.3 is 18.9 Å². The molecule has 0 radical (unpaired) electrons. The lowest BCUT2D eigenvalue weighted by Gasteiger charge is -2.07. The molecule has 104 valence electrons. The normalized spacial score (nSPS) is 10.9. The molecule has 0 aliphatic rings. The predicted octanol–water partition coefficient (Wildman–Crippen LogP) is -0.235. The molecule has 0 saturated carbocycles. The van der Waals surface area contributed by atoms with Gasteiger partial charge in [-0.25, -0.2) is 0 Å². The van der Waals surface area contributed by atoms with E-state index < -0.39 is 0 Å². The van der Waals surface area contributed by atoms with Gasteiger partial charge in [0.1, 0.15) is 0 Å². The maximum Gasteiger partial charge on any atom is 0.0942 e. The molecular formula is C10H23NO6. The van der Waals surface area contributed by atoms with Gasteiger partial charge in [-0.2, -0.15) is 0 Å². The molecule has 7 heteroatoms. The highest BCUT2D eigenvalue weighted by Crippen LogP contribution is 1.79. The van der Waals surface area contributed by atoms with Crippen LogP contribution in [-0.2, 0) is 28.6 Å². The Morgan fingerprint density at radius 3 is 1.41 bits per heavy atom. The summed E-state index contributed by atoms with van der Waals surface area (Å²) in [5.74, 6) is 0. The van der Waals surface area contributed by atoms with Crippen molar-refractivity contribution in [1.82, 2.24) is 5.64 Å². The summed E-state index contributed by atoms with van der Waals surface area (Å²) in [4.78, 5) is 9.85. The largest absolute Gasteiger partial charge is 0.382 e. The number of rotatable bonds is 14. The van der Waals surface area contributed by atoms with Crippen LogP contribution in [-0.4, -0.2) is 67.1 Å². The van der Waals surface area contributed by atoms with E-state index in [2.05, 4.69) is 5.64 Å². The van der Waals surface area contributed by atoms with Gasteiger partial charge in [0, 0.05) is 14.2 Å². The SMILES string of the molecule is COCCOCCONOCCOCCOC. The average molecular weight is 253 g/mol. The molecule has 1 N–H and O–H groups in total. The Balaban J connectivity index is 2.85. The third kappa shape index (κ3) is 15.7. The van der Waals surface area contributed by atoms with Crippen LogP contribution in [0.25, 0.3) is 0 Å². The number of hydrogen-bond donors (Lipinski definition) is 1. The summed E-state index contributed by atoms with van der Waals surface area (Å²) in [6.45, 7) is 4.10. The maximum absolute atomic E-state index is 5.16. The number of nitrogens with one attached hydrogen (secondary N) is 1. The Morgan fingerprint density at radius 2 is 1.00 bits per heavy atom. The Kier molecular flexibility index (Phi) is 15.5. The highest BCUT2D eigenvalue weighted by molar-refractivity contribution is 4.29. The van der Waals surface area contributed by atoms with Crippen LogP contribution in [0.3, 0.4) is 0 Å². The smallest absolute Gasteiger partial charge is 0.0942 e. The molecule has 0 aliphatic carbocycles. The molecule has 0 aromatic heterocycles. The van der Waals surface area contributed by atoms with Gasteiger partial charge in [-0.15, -0.1) is 0 Å². The molecule has 0 fully saturated rings. The monoisotopic (exact) mass is 253 g/mol. The van der Waals surface area contributed by atoms with E-state index in [1.807, 2.05) is 0 Å². The van der Waals surface area contributed by atoms with Crippen LogP contribution < -0.4 is 5.64 Å². The van der Waals surface area contributed by atoms with Crippen molar-refractivity contribution >= 4 is 0 Å². The second kappa shape index (κ2) is 15.7. The summed E-state index contributed by atoms with van der Waals surface area (Å²) in [5, 5.41) is 0. The molecule has 7 nitrogen and oxygen atoms in total. The molecule has 0 rings (SSSR count).